The molecule has 5 rings (SSSR count). The summed E-state index contributed by atoms with van der Waals surface area (Å²) < 4.78 is 11.3. The van der Waals surface area contributed by atoms with Gasteiger partial charge in [-0.05, 0) is 103 Å². The van der Waals surface area contributed by atoms with Crippen LogP contribution in [0.3, 0.4) is 0 Å². The molecule has 292 valence electrons. The molecule has 2 fully saturated rings. The zero-order valence-electron chi connectivity index (χ0n) is 33.1. The lowest BCUT2D eigenvalue weighted by Crippen LogP contribution is -2.49. The summed E-state index contributed by atoms with van der Waals surface area (Å²) in [6.45, 7) is 19.2. The Labute approximate surface area is 324 Å². The van der Waals surface area contributed by atoms with Gasteiger partial charge in [-0.15, -0.1) is 0 Å². The number of imide groups is 1. The number of furan rings is 1. The van der Waals surface area contributed by atoms with Crippen LogP contribution < -0.4 is 20.0 Å². The highest BCUT2D eigenvalue weighted by Crippen LogP contribution is 2.41. The van der Waals surface area contributed by atoms with E-state index in [1.807, 2.05) is 37.8 Å². The van der Waals surface area contributed by atoms with Gasteiger partial charge in [0, 0.05) is 33.1 Å². The second kappa shape index (κ2) is 18.5. The number of ether oxygens (including phenoxy) is 1. The molecule has 3 aromatic rings. The van der Waals surface area contributed by atoms with E-state index in [0.717, 1.165) is 24.8 Å². The third-order valence-corrected chi connectivity index (χ3v) is 9.60. The van der Waals surface area contributed by atoms with Crippen molar-refractivity contribution in [3.8, 4) is 0 Å². The van der Waals surface area contributed by atoms with Crippen molar-refractivity contribution in [2.24, 2.45) is 0 Å². The Balaban J connectivity index is 0.00000126. The van der Waals surface area contributed by atoms with E-state index in [0.29, 0.717) is 43.3 Å². The number of esters is 1. The van der Waals surface area contributed by atoms with Crippen molar-refractivity contribution < 1.29 is 28.3 Å². The second-order valence-corrected chi connectivity index (χ2v) is 14.3. The standard InChI is InChI=1S/C37H49N7O6.C5H4/c1-8-42(9-2)34-38-24-28(43(10-3)31(45)29-15-14-22-49-29)30(40-34)39-27(32(46)50-36(4,5)6)23-25-16-18-26(19-17-25)44-33(47)37(41(7)35(44)48)20-12-11-13-21-37;1-3-5-4-2/h14-19,22,24,27H,8-13,20-21,23H2,1-7H3,(H,38,39,40);1-2H2/t27-;/m0./s1. The largest absolute Gasteiger partial charge is 0.459 e. The van der Waals surface area contributed by atoms with Crippen LogP contribution in [0.25, 0.3) is 0 Å². The molecule has 1 atom stereocenters. The molecule has 3 heterocycles. The molecule has 0 bridgehead atoms. The number of anilines is 4. The second-order valence-electron chi connectivity index (χ2n) is 14.3. The fourth-order valence-corrected chi connectivity index (χ4v) is 6.78. The first kappa shape index (κ1) is 41.9. The predicted molar refractivity (Wildman–Crippen MR) is 213 cm³/mol. The SMILES string of the molecule is C=C=C=C=C.CCN(CC)c1ncc(N(CC)C(=O)c2ccco2)c(N[C@@H](Cc2ccc(N3C(=O)N(C)C4(CCCCC4)C3=O)cc2)C(=O)OC(C)(C)C)n1. The molecule has 13 heteroatoms. The summed E-state index contributed by atoms with van der Waals surface area (Å²) in [6, 6.07) is 9.07. The molecule has 4 amide bonds. The van der Waals surface area contributed by atoms with E-state index in [1.54, 1.807) is 63.2 Å². The minimum absolute atomic E-state index is 0.157. The van der Waals surface area contributed by atoms with E-state index in [2.05, 4.69) is 40.7 Å². The number of carbonyl (C=O) groups is 4. The molecule has 2 aromatic heterocycles. The number of hydrogen-bond acceptors (Lipinski definition) is 10. The number of amides is 4. The Morgan fingerprint density at radius 3 is 2.20 bits per heavy atom. The van der Waals surface area contributed by atoms with Crippen molar-refractivity contribution in [3.63, 3.8) is 0 Å². The van der Waals surface area contributed by atoms with Crippen molar-refractivity contribution in [1.82, 2.24) is 14.9 Å². The molecule has 13 nitrogen and oxygen atoms in total. The van der Waals surface area contributed by atoms with Gasteiger partial charge in [-0.2, -0.15) is 4.98 Å². The number of benzene rings is 1. The fourth-order valence-electron chi connectivity index (χ4n) is 6.78. The van der Waals surface area contributed by atoms with Crippen LogP contribution in [0.15, 0.2) is 83.6 Å². The van der Waals surface area contributed by atoms with Gasteiger partial charge in [-0.3, -0.25) is 9.59 Å². The van der Waals surface area contributed by atoms with Gasteiger partial charge in [0.2, 0.25) is 5.95 Å². The van der Waals surface area contributed by atoms with Crippen molar-refractivity contribution in [2.75, 3.05) is 46.7 Å². The molecule has 1 spiro atoms. The van der Waals surface area contributed by atoms with Crippen LogP contribution in [0.5, 0.6) is 0 Å². The van der Waals surface area contributed by atoms with E-state index < -0.39 is 23.2 Å². The molecule has 0 radical (unpaired) electrons. The summed E-state index contributed by atoms with van der Waals surface area (Å²) in [5.41, 5.74) is 7.13. The Kier molecular flexibility index (Phi) is 14.1. The summed E-state index contributed by atoms with van der Waals surface area (Å²) >= 11 is 0. The van der Waals surface area contributed by atoms with Crippen molar-refractivity contribution >= 4 is 47.0 Å². The molecule has 2 aliphatic rings. The molecule has 1 aliphatic carbocycles. The van der Waals surface area contributed by atoms with Crippen molar-refractivity contribution in [3.05, 3.63) is 90.5 Å². The highest BCUT2D eigenvalue weighted by molar-refractivity contribution is 6.23. The van der Waals surface area contributed by atoms with Gasteiger partial charge in [0.15, 0.2) is 11.6 Å². The first-order valence-electron chi connectivity index (χ1n) is 18.7. The first-order chi connectivity index (χ1) is 26.2. The van der Waals surface area contributed by atoms with Gasteiger partial charge < -0.3 is 29.2 Å². The van der Waals surface area contributed by atoms with Crippen molar-refractivity contribution in [2.45, 2.75) is 97.2 Å². The van der Waals surface area contributed by atoms with Gasteiger partial charge in [0.05, 0.1) is 18.1 Å². The zero-order valence-corrected chi connectivity index (χ0v) is 33.1. The summed E-state index contributed by atoms with van der Waals surface area (Å²) in [5, 5.41) is 3.30. The predicted octanol–water partition coefficient (Wildman–Crippen LogP) is 7.32. The number of nitrogens with one attached hydrogen (secondary N) is 1. The minimum atomic E-state index is -0.928. The van der Waals surface area contributed by atoms with Gasteiger partial charge in [-0.25, -0.2) is 19.5 Å². The molecule has 1 saturated heterocycles. The first-order valence-corrected chi connectivity index (χ1v) is 18.7. The van der Waals surface area contributed by atoms with E-state index in [1.165, 1.54) is 16.1 Å². The average molecular weight is 752 g/mol. The van der Waals surface area contributed by atoms with Gasteiger partial charge in [0.25, 0.3) is 11.8 Å². The van der Waals surface area contributed by atoms with Gasteiger partial charge >= 0.3 is 12.0 Å². The summed E-state index contributed by atoms with van der Waals surface area (Å²) in [7, 11) is 1.71. The number of urea groups is 1. The number of rotatable bonds is 12. The lowest BCUT2D eigenvalue weighted by Gasteiger charge is -2.35. The van der Waals surface area contributed by atoms with E-state index in [9.17, 15) is 19.2 Å². The number of hydrogen-bond donors (Lipinski definition) is 1. The number of aromatic nitrogens is 2. The third kappa shape index (κ3) is 9.63. The van der Waals surface area contributed by atoms with Crippen LogP contribution >= 0.6 is 0 Å². The van der Waals surface area contributed by atoms with Crippen LogP contribution in [0.1, 0.15) is 89.8 Å². The molecular weight excluding hydrogens is 699 g/mol. The van der Waals surface area contributed by atoms with Crippen molar-refractivity contribution in [1.29, 1.82) is 0 Å². The molecule has 1 aliphatic heterocycles. The maximum atomic E-state index is 13.8. The molecular formula is C42H53N7O6. The zero-order chi connectivity index (χ0) is 40.3. The van der Waals surface area contributed by atoms with Crippen LogP contribution in [-0.4, -0.2) is 82.5 Å². The lowest BCUT2D eigenvalue weighted by molar-refractivity contribution is -0.155. The number of carbonyl (C=O) groups excluding carboxylic acids is 4. The minimum Gasteiger partial charge on any atom is -0.459 e. The molecule has 55 heavy (non-hydrogen) atoms. The fraction of sp³-hybridized carbons (Fsp3) is 0.452. The van der Waals surface area contributed by atoms with E-state index >= 15 is 0 Å². The molecule has 0 unspecified atom stereocenters. The van der Waals surface area contributed by atoms with Crippen LogP contribution in [0.4, 0.5) is 27.9 Å². The Morgan fingerprint density at radius 2 is 1.67 bits per heavy atom. The van der Waals surface area contributed by atoms with Crippen LogP contribution in [-0.2, 0) is 20.7 Å². The Morgan fingerprint density at radius 1 is 1.02 bits per heavy atom. The van der Waals surface area contributed by atoms with Gasteiger partial charge in [0.1, 0.15) is 22.9 Å². The highest BCUT2D eigenvalue weighted by atomic mass is 16.6. The summed E-state index contributed by atoms with van der Waals surface area (Å²) in [4.78, 5) is 70.1. The molecule has 1 saturated carbocycles. The van der Waals surface area contributed by atoms with Gasteiger partial charge in [-0.1, -0.05) is 42.9 Å². The lowest BCUT2D eigenvalue weighted by atomic mass is 9.80. The Hall–Kier alpha value is -5.86. The monoisotopic (exact) mass is 751 g/mol. The molecule has 1 N–H and O–H groups in total. The quantitative estimate of drug-likeness (QED) is 0.114. The average Bonchev–Trinajstić information content (AvgIpc) is 3.77. The third-order valence-electron chi connectivity index (χ3n) is 9.60. The number of likely N-dealkylation sites (N-methyl/N-ethyl adjacent to an activating group) is 1. The number of nitrogens with zero attached hydrogens (tertiary/aromatic N) is 6. The Bertz CT molecular complexity index is 1910. The maximum absolute atomic E-state index is 13.8. The van der Waals surface area contributed by atoms with Crippen LogP contribution in [0, 0.1) is 0 Å². The molecule has 1 aromatic carbocycles. The normalized spacial score (nSPS) is 15.3. The smallest absolute Gasteiger partial charge is 0.332 e. The summed E-state index contributed by atoms with van der Waals surface area (Å²) in [6.07, 6.45) is 7.40. The maximum Gasteiger partial charge on any atom is 0.332 e. The van der Waals surface area contributed by atoms with E-state index in [-0.39, 0.29) is 42.4 Å². The highest BCUT2D eigenvalue weighted by Gasteiger charge is 2.56. The summed E-state index contributed by atoms with van der Waals surface area (Å²) in [5.74, 6) is -0.195. The van der Waals surface area contributed by atoms with Crippen LogP contribution in [0.2, 0.25) is 0 Å². The van der Waals surface area contributed by atoms with E-state index in [4.69, 9.17) is 14.1 Å². The topological polar surface area (TPSA) is 141 Å².